The highest BCUT2D eigenvalue weighted by Crippen LogP contribution is 2.21. The summed E-state index contributed by atoms with van der Waals surface area (Å²) >= 11 is 0. The van der Waals surface area contributed by atoms with Crippen LogP contribution in [-0.4, -0.2) is 18.5 Å². The summed E-state index contributed by atoms with van der Waals surface area (Å²) in [4.78, 5) is 0. The zero-order valence-electron chi connectivity index (χ0n) is 10.1. The van der Waals surface area contributed by atoms with Crippen LogP contribution in [0.5, 0.6) is 0 Å². The number of hydrogen-bond acceptors (Lipinski definition) is 2. The Kier molecular flexibility index (Phi) is 7.81. The van der Waals surface area contributed by atoms with Crippen LogP contribution in [0.3, 0.4) is 0 Å². The van der Waals surface area contributed by atoms with Crippen LogP contribution >= 0.6 is 0 Å². The minimum atomic E-state index is -0.0180. The van der Waals surface area contributed by atoms with Gasteiger partial charge >= 0.3 is 0 Å². The SMILES string of the molecule is C/C=C\CCC1OC(C)OC1C.CC. The molecule has 0 aromatic heterocycles. The van der Waals surface area contributed by atoms with Gasteiger partial charge in [0.2, 0.25) is 0 Å². The summed E-state index contributed by atoms with van der Waals surface area (Å²) in [6.45, 7) is 10.1. The van der Waals surface area contributed by atoms with Crippen LogP contribution in [0.1, 0.15) is 47.5 Å². The molecule has 0 bridgehead atoms. The molecular weight excluding hydrogens is 176 g/mol. The fourth-order valence-electron chi connectivity index (χ4n) is 1.51. The van der Waals surface area contributed by atoms with E-state index in [1.54, 1.807) is 0 Å². The van der Waals surface area contributed by atoms with Gasteiger partial charge in [-0.3, -0.25) is 0 Å². The molecule has 0 saturated carbocycles. The fourth-order valence-corrected chi connectivity index (χ4v) is 1.51. The Labute approximate surface area is 88.3 Å². The Balaban J connectivity index is 0.000000791. The summed E-state index contributed by atoms with van der Waals surface area (Å²) in [5, 5.41) is 0. The predicted molar refractivity (Wildman–Crippen MR) is 60.3 cm³/mol. The summed E-state index contributed by atoms with van der Waals surface area (Å²) in [5.74, 6) is 0. The van der Waals surface area contributed by atoms with E-state index >= 15 is 0 Å². The molecule has 0 spiro atoms. The highest BCUT2D eigenvalue weighted by atomic mass is 16.7. The molecule has 1 saturated heterocycles. The van der Waals surface area contributed by atoms with Gasteiger partial charge in [0.05, 0.1) is 12.2 Å². The normalized spacial score (nSPS) is 31.6. The average Bonchev–Trinajstić information content (AvgIpc) is 2.49. The molecule has 14 heavy (non-hydrogen) atoms. The molecule has 3 unspecified atom stereocenters. The Morgan fingerprint density at radius 2 is 1.79 bits per heavy atom. The van der Waals surface area contributed by atoms with Crippen molar-refractivity contribution < 1.29 is 9.47 Å². The van der Waals surface area contributed by atoms with E-state index in [-0.39, 0.29) is 18.5 Å². The van der Waals surface area contributed by atoms with E-state index < -0.39 is 0 Å². The van der Waals surface area contributed by atoms with Crippen molar-refractivity contribution in [2.75, 3.05) is 0 Å². The van der Waals surface area contributed by atoms with Crippen molar-refractivity contribution in [3.05, 3.63) is 12.2 Å². The summed E-state index contributed by atoms with van der Waals surface area (Å²) in [6.07, 6.45) is 6.91. The lowest BCUT2D eigenvalue weighted by Crippen LogP contribution is -2.18. The molecule has 0 amide bonds. The molecule has 1 heterocycles. The van der Waals surface area contributed by atoms with Gasteiger partial charge in [0.15, 0.2) is 6.29 Å². The lowest BCUT2D eigenvalue weighted by molar-refractivity contribution is -0.0496. The molecule has 84 valence electrons. The van der Waals surface area contributed by atoms with E-state index in [4.69, 9.17) is 9.47 Å². The molecule has 2 heteroatoms. The summed E-state index contributed by atoms with van der Waals surface area (Å²) in [7, 11) is 0. The molecule has 1 rings (SSSR count). The molecule has 3 atom stereocenters. The first-order valence-electron chi connectivity index (χ1n) is 5.66. The van der Waals surface area contributed by atoms with Gasteiger partial charge in [-0.1, -0.05) is 26.0 Å². The van der Waals surface area contributed by atoms with Crippen LogP contribution in [0.4, 0.5) is 0 Å². The van der Waals surface area contributed by atoms with Gasteiger partial charge in [-0.15, -0.1) is 0 Å². The zero-order valence-corrected chi connectivity index (χ0v) is 10.1. The molecule has 2 nitrogen and oxygen atoms in total. The van der Waals surface area contributed by atoms with Gasteiger partial charge in [-0.05, 0) is 33.6 Å². The standard InChI is InChI=1S/C10H18O2.C2H6/c1-4-5-6-7-10-8(2)11-9(3)12-10;1-2/h4-5,8-10H,6-7H2,1-3H3;1-2H3/b5-4-;. The first-order valence-corrected chi connectivity index (χ1v) is 5.66. The summed E-state index contributed by atoms with van der Waals surface area (Å²) in [6, 6.07) is 0. The van der Waals surface area contributed by atoms with Crippen molar-refractivity contribution >= 4 is 0 Å². The Morgan fingerprint density at radius 3 is 2.21 bits per heavy atom. The predicted octanol–water partition coefficient (Wildman–Crippen LogP) is 3.52. The summed E-state index contributed by atoms with van der Waals surface area (Å²) in [5.41, 5.74) is 0. The van der Waals surface area contributed by atoms with Crippen LogP contribution in [0.2, 0.25) is 0 Å². The Hall–Kier alpha value is -0.340. The molecular formula is C12H24O2. The maximum absolute atomic E-state index is 5.56. The number of hydrogen-bond donors (Lipinski definition) is 0. The van der Waals surface area contributed by atoms with Crippen LogP contribution in [0, 0.1) is 0 Å². The fraction of sp³-hybridized carbons (Fsp3) is 0.833. The minimum Gasteiger partial charge on any atom is -0.347 e. The lowest BCUT2D eigenvalue weighted by Gasteiger charge is -2.10. The maximum Gasteiger partial charge on any atom is 0.155 e. The number of rotatable bonds is 3. The molecule has 1 aliphatic heterocycles. The third-order valence-corrected chi connectivity index (χ3v) is 2.15. The van der Waals surface area contributed by atoms with Gasteiger partial charge in [-0.25, -0.2) is 0 Å². The van der Waals surface area contributed by atoms with Crippen molar-refractivity contribution in [1.82, 2.24) is 0 Å². The quantitative estimate of drug-likeness (QED) is 0.649. The van der Waals surface area contributed by atoms with E-state index in [0.717, 1.165) is 12.8 Å². The van der Waals surface area contributed by atoms with Gasteiger partial charge in [0, 0.05) is 0 Å². The third-order valence-electron chi connectivity index (χ3n) is 2.15. The molecule has 0 aliphatic carbocycles. The highest BCUT2D eigenvalue weighted by Gasteiger charge is 2.29. The van der Waals surface area contributed by atoms with E-state index in [0.29, 0.717) is 0 Å². The van der Waals surface area contributed by atoms with E-state index in [2.05, 4.69) is 19.1 Å². The number of ether oxygens (including phenoxy) is 2. The number of allylic oxidation sites excluding steroid dienone is 2. The second kappa shape index (κ2) is 8.01. The molecule has 1 fully saturated rings. The van der Waals surface area contributed by atoms with Crippen molar-refractivity contribution in [3.8, 4) is 0 Å². The van der Waals surface area contributed by atoms with Crippen molar-refractivity contribution in [3.63, 3.8) is 0 Å². The average molecular weight is 200 g/mol. The Bertz CT molecular complexity index is 154. The van der Waals surface area contributed by atoms with Crippen LogP contribution in [-0.2, 0) is 9.47 Å². The smallest absolute Gasteiger partial charge is 0.155 e. The molecule has 1 aliphatic rings. The van der Waals surface area contributed by atoms with E-state index in [9.17, 15) is 0 Å². The third kappa shape index (κ3) is 4.77. The van der Waals surface area contributed by atoms with Gasteiger partial charge < -0.3 is 9.47 Å². The first kappa shape index (κ1) is 13.7. The van der Waals surface area contributed by atoms with E-state index in [1.807, 2.05) is 27.7 Å². The highest BCUT2D eigenvalue weighted by molar-refractivity contribution is 4.81. The first-order chi connectivity index (χ1) is 6.74. The second-order valence-corrected chi connectivity index (χ2v) is 3.23. The molecule has 0 aromatic carbocycles. The van der Waals surface area contributed by atoms with Gasteiger partial charge in [0.1, 0.15) is 0 Å². The maximum atomic E-state index is 5.56. The van der Waals surface area contributed by atoms with Crippen LogP contribution < -0.4 is 0 Å². The lowest BCUT2D eigenvalue weighted by atomic mass is 10.1. The van der Waals surface area contributed by atoms with Crippen LogP contribution in [0.25, 0.3) is 0 Å². The van der Waals surface area contributed by atoms with Gasteiger partial charge in [-0.2, -0.15) is 0 Å². The largest absolute Gasteiger partial charge is 0.347 e. The van der Waals surface area contributed by atoms with E-state index in [1.165, 1.54) is 0 Å². The topological polar surface area (TPSA) is 18.5 Å². The zero-order chi connectivity index (χ0) is 11.0. The minimum absolute atomic E-state index is 0.0180. The van der Waals surface area contributed by atoms with Crippen LogP contribution in [0.15, 0.2) is 12.2 Å². The van der Waals surface area contributed by atoms with Crippen molar-refractivity contribution in [2.24, 2.45) is 0 Å². The van der Waals surface area contributed by atoms with Crippen molar-refractivity contribution in [2.45, 2.75) is 66.0 Å². The monoisotopic (exact) mass is 200 g/mol. The Morgan fingerprint density at radius 1 is 1.14 bits per heavy atom. The molecule has 0 aromatic rings. The second-order valence-electron chi connectivity index (χ2n) is 3.23. The van der Waals surface area contributed by atoms with Gasteiger partial charge in [0.25, 0.3) is 0 Å². The van der Waals surface area contributed by atoms with Crippen molar-refractivity contribution in [1.29, 1.82) is 0 Å². The molecule has 0 radical (unpaired) electrons. The summed E-state index contributed by atoms with van der Waals surface area (Å²) < 4.78 is 11.0. The molecule has 0 N–H and O–H groups in total.